The lowest BCUT2D eigenvalue weighted by Gasteiger charge is -2.08. The number of anilines is 1. The maximum atomic E-state index is 13.0. The summed E-state index contributed by atoms with van der Waals surface area (Å²) in [6.07, 6.45) is 3.30. The van der Waals surface area contributed by atoms with Gasteiger partial charge in [0.1, 0.15) is 4.53 Å². The Bertz CT molecular complexity index is 1350. The summed E-state index contributed by atoms with van der Waals surface area (Å²) in [5, 5.41) is 4.31. The molecule has 5 rings (SSSR count). The average Bonchev–Trinajstić information content (AvgIpc) is 3.29. The molecule has 1 aliphatic heterocycles. The number of nitrogens with zero attached hydrogens (tertiary/aromatic N) is 5. The summed E-state index contributed by atoms with van der Waals surface area (Å²) in [7, 11) is 1.70. The summed E-state index contributed by atoms with van der Waals surface area (Å²) in [5.74, 6) is 0.221. The third-order valence-corrected chi connectivity index (χ3v) is 5.93. The number of hydrogen-bond donors (Lipinski definition) is 0. The molecular formula is C18H10BrN5O2S. The molecular weight excluding hydrogens is 430 g/mol. The minimum absolute atomic E-state index is 0.211. The zero-order valence-electron chi connectivity index (χ0n) is 13.9. The fraction of sp³-hybridized carbons (Fsp3) is 0.0556. The van der Waals surface area contributed by atoms with Gasteiger partial charge in [0.05, 0.1) is 11.3 Å². The average molecular weight is 440 g/mol. The van der Waals surface area contributed by atoms with Gasteiger partial charge in [-0.1, -0.05) is 27.3 Å². The van der Waals surface area contributed by atoms with Crippen molar-refractivity contribution in [3.63, 3.8) is 0 Å². The van der Waals surface area contributed by atoms with Crippen molar-refractivity contribution in [2.45, 2.75) is 0 Å². The van der Waals surface area contributed by atoms with Crippen molar-refractivity contribution >= 4 is 49.4 Å². The van der Waals surface area contributed by atoms with Gasteiger partial charge in [0, 0.05) is 35.0 Å². The van der Waals surface area contributed by atoms with Crippen LogP contribution in [-0.4, -0.2) is 32.5 Å². The molecule has 0 unspecified atom stereocenters. The Morgan fingerprint density at radius 3 is 2.78 bits per heavy atom. The van der Waals surface area contributed by atoms with Crippen LogP contribution in [0.2, 0.25) is 0 Å². The fourth-order valence-corrected chi connectivity index (χ4v) is 4.47. The highest BCUT2D eigenvalue weighted by atomic mass is 79.9. The SMILES string of the molecule is CN1C(=O)C(=c2sc3nc(-c4cccnc4)nn3c2=O)c2cc(Br)ccc21. The Hall–Kier alpha value is -2.91. The molecule has 0 fully saturated rings. The minimum atomic E-state index is -0.345. The van der Waals surface area contributed by atoms with Crippen molar-refractivity contribution in [3.05, 3.63) is 67.6 Å². The molecule has 0 saturated carbocycles. The van der Waals surface area contributed by atoms with E-state index in [2.05, 4.69) is 31.0 Å². The summed E-state index contributed by atoms with van der Waals surface area (Å²) >= 11 is 4.60. The number of aromatic nitrogens is 4. The lowest BCUT2D eigenvalue weighted by molar-refractivity contribution is -0.112. The molecule has 0 atom stereocenters. The van der Waals surface area contributed by atoms with Crippen LogP contribution in [0, 0.1) is 0 Å². The van der Waals surface area contributed by atoms with Crippen molar-refractivity contribution in [2.24, 2.45) is 0 Å². The number of benzene rings is 1. The van der Waals surface area contributed by atoms with Gasteiger partial charge in [-0.15, -0.1) is 5.10 Å². The van der Waals surface area contributed by atoms with Crippen LogP contribution in [-0.2, 0) is 4.79 Å². The lowest BCUT2D eigenvalue weighted by atomic mass is 10.1. The van der Waals surface area contributed by atoms with Gasteiger partial charge in [-0.05, 0) is 30.3 Å². The van der Waals surface area contributed by atoms with E-state index >= 15 is 0 Å². The number of rotatable bonds is 1. The van der Waals surface area contributed by atoms with Crippen molar-refractivity contribution in [1.82, 2.24) is 19.6 Å². The largest absolute Gasteiger partial charge is 0.311 e. The van der Waals surface area contributed by atoms with Crippen LogP contribution in [0.1, 0.15) is 5.56 Å². The quantitative estimate of drug-likeness (QED) is 0.452. The highest BCUT2D eigenvalue weighted by Gasteiger charge is 2.32. The number of carbonyl (C=O) groups is 1. The van der Waals surface area contributed by atoms with Gasteiger partial charge in [0.15, 0.2) is 5.82 Å². The first-order chi connectivity index (χ1) is 13.0. The van der Waals surface area contributed by atoms with Crippen LogP contribution >= 0.6 is 27.3 Å². The van der Waals surface area contributed by atoms with E-state index in [1.807, 2.05) is 24.3 Å². The summed E-state index contributed by atoms with van der Waals surface area (Å²) in [6.45, 7) is 0. The fourth-order valence-electron chi connectivity index (χ4n) is 3.12. The van der Waals surface area contributed by atoms with Gasteiger partial charge in [0.2, 0.25) is 4.96 Å². The topological polar surface area (TPSA) is 80.5 Å². The monoisotopic (exact) mass is 439 g/mol. The zero-order chi connectivity index (χ0) is 18.7. The Labute approximate surface area is 164 Å². The van der Waals surface area contributed by atoms with Crippen molar-refractivity contribution in [2.75, 3.05) is 11.9 Å². The Kier molecular flexibility index (Phi) is 3.49. The number of fused-ring (bicyclic) bond motifs is 2. The van der Waals surface area contributed by atoms with Crippen molar-refractivity contribution in [3.8, 4) is 11.4 Å². The molecule has 0 N–H and O–H groups in total. The van der Waals surface area contributed by atoms with Gasteiger partial charge in [-0.2, -0.15) is 9.50 Å². The second kappa shape index (κ2) is 5.80. The van der Waals surface area contributed by atoms with Crippen LogP contribution in [0.25, 0.3) is 21.9 Å². The molecule has 27 heavy (non-hydrogen) atoms. The summed E-state index contributed by atoms with van der Waals surface area (Å²) < 4.78 is 2.43. The van der Waals surface area contributed by atoms with E-state index in [0.29, 0.717) is 20.9 Å². The third-order valence-electron chi connectivity index (χ3n) is 4.41. The number of likely N-dealkylation sites (N-methyl/N-ethyl adjacent to an activating group) is 1. The van der Waals surface area contributed by atoms with E-state index in [1.54, 1.807) is 30.4 Å². The molecule has 3 aromatic heterocycles. The van der Waals surface area contributed by atoms with Gasteiger partial charge in [-0.25, -0.2) is 0 Å². The normalized spacial score (nSPS) is 15.6. The van der Waals surface area contributed by atoms with Gasteiger partial charge in [0.25, 0.3) is 11.5 Å². The molecule has 0 aliphatic carbocycles. The molecule has 0 spiro atoms. The molecule has 132 valence electrons. The molecule has 7 nitrogen and oxygen atoms in total. The Morgan fingerprint density at radius 2 is 2.04 bits per heavy atom. The predicted octanol–water partition coefficient (Wildman–Crippen LogP) is 1.87. The summed E-state index contributed by atoms with van der Waals surface area (Å²) in [6, 6.07) is 9.18. The first kappa shape index (κ1) is 16.3. The minimum Gasteiger partial charge on any atom is -0.311 e. The molecule has 0 bridgehead atoms. The number of pyridine rings is 1. The molecule has 1 amide bonds. The van der Waals surface area contributed by atoms with E-state index in [9.17, 15) is 9.59 Å². The van der Waals surface area contributed by atoms with Crippen molar-refractivity contribution < 1.29 is 4.79 Å². The van der Waals surface area contributed by atoms with E-state index in [4.69, 9.17) is 0 Å². The maximum Gasteiger partial charge on any atom is 0.291 e. The van der Waals surface area contributed by atoms with Crippen molar-refractivity contribution in [1.29, 1.82) is 0 Å². The van der Waals surface area contributed by atoms with Gasteiger partial charge >= 0.3 is 0 Å². The molecule has 9 heteroatoms. The number of thiazole rings is 1. The van der Waals surface area contributed by atoms with Crippen LogP contribution < -0.4 is 15.0 Å². The lowest BCUT2D eigenvalue weighted by Crippen LogP contribution is -2.30. The number of halogens is 1. The standard InChI is InChI=1S/C18H10BrN5O2S/c1-23-12-5-4-10(19)7-11(12)13(16(23)25)14-17(26)24-18(27-14)21-15(22-24)9-3-2-6-20-8-9/h2-8H,1H3. The van der Waals surface area contributed by atoms with E-state index in [-0.39, 0.29) is 11.5 Å². The Morgan fingerprint density at radius 1 is 1.19 bits per heavy atom. The molecule has 4 heterocycles. The highest BCUT2D eigenvalue weighted by molar-refractivity contribution is 9.10. The number of carbonyl (C=O) groups excluding carboxylic acids is 1. The molecule has 0 saturated heterocycles. The van der Waals surface area contributed by atoms with Gasteiger partial charge < -0.3 is 4.90 Å². The van der Waals surface area contributed by atoms with Crippen LogP contribution in [0.5, 0.6) is 0 Å². The Balaban J connectivity index is 1.78. The predicted molar refractivity (Wildman–Crippen MR) is 106 cm³/mol. The van der Waals surface area contributed by atoms with Gasteiger partial charge in [-0.3, -0.25) is 14.6 Å². The smallest absolute Gasteiger partial charge is 0.291 e. The van der Waals surface area contributed by atoms with E-state index < -0.39 is 0 Å². The molecule has 4 aromatic rings. The highest BCUT2D eigenvalue weighted by Crippen LogP contribution is 2.36. The van der Waals surface area contributed by atoms with Crippen LogP contribution in [0.4, 0.5) is 5.69 Å². The summed E-state index contributed by atoms with van der Waals surface area (Å²) in [4.78, 5) is 36.2. The maximum absolute atomic E-state index is 13.0. The summed E-state index contributed by atoms with van der Waals surface area (Å²) in [5.41, 5.74) is 2.27. The second-order valence-electron chi connectivity index (χ2n) is 6.01. The number of hydrogen-bond acceptors (Lipinski definition) is 6. The molecule has 0 radical (unpaired) electrons. The van der Waals surface area contributed by atoms with E-state index in [0.717, 1.165) is 21.3 Å². The third kappa shape index (κ3) is 2.35. The van der Waals surface area contributed by atoms with Crippen LogP contribution in [0.15, 0.2) is 52.0 Å². The second-order valence-corrected chi connectivity index (χ2v) is 7.90. The molecule has 1 aromatic carbocycles. The first-order valence-electron chi connectivity index (χ1n) is 7.97. The number of amides is 1. The molecule has 1 aliphatic rings. The van der Waals surface area contributed by atoms with E-state index in [1.165, 1.54) is 15.9 Å². The first-order valence-corrected chi connectivity index (χ1v) is 9.58. The van der Waals surface area contributed by atoms with Crippen LogP contribution in [0.3, 0.4) is 0 Å². The zero-order valence-corrected chi connectivity index (χ0v) is 16.3.